The molecule has 2 aromatic rings. The second kappa shape index (κ2) is 9.57. The van der Waals surface area contributed by atoms with Crippen LogP contribution in [-0.2, 0) is 6.54 Å². The zero-order valence-corrected chi connectivity index (χ0v) is 14.9. The van der Waals surface area contributed by atoms with Gasteiger partial charge in [0.1, 0.15) is 12.7 Å². The van der Waals surface area contributed by atoms with E-state index in [1.54, 1.807) is 18.7 Å². The second-order valence-electron chi connectivity index (χ2n) is 4.50. The van der Waals surface area contributed by atoms with E-state index >= 15 is 0 Å². The number of hydrogen-bond acceptors (Lipinski definition) is 3. The van der Waals surface area contributed by atoms with E-state index in [-0.39, 0.29) is 17.7 Å². The highest BCUT2D eigenvalue weighted by atomic mass is 35.5. The molecular weight excluding hydrogens is 349 g/mol. The molecule has 1 atom stereocenters. The van der Waals surface area contributed by atoms with E-state index in [1.807, 2.05) is 28.6 Å². The summed E-state index contributed by atoms with van der Waals surface area (Å²) in [5.41, 5.74) is 1.10. The molecule has 0 fully saturated rings. The largest absolute Gasteiger partial charge is 0.252 e. The van der Waals surface area contributed by atoms with Crippen LogP contribution in [0, 0.1) is 0 Å². The van der Waals surface area contributed by atoms with Gasteiger partial charge < -0.3 is 0 Å². The molecule has 1 aromatic heterocycles. The Morgan fingerprint density at radius 1 is 1.33 bits per heavy atom. The van der Waals surface area contributed by atoms with Gasteiger partial charge in [0.05, 0.1) is 11.8 Å². The summed E-state index contributed by atoms with van der Waals surface area (Å²) >= 11 is 14.2. The van der Waals surface area contributed by atoms with Gasteiger partial charge in [-0.25, -0.2) is 4.98 Å². The van der Waals surface area contributed by atoms with Crippen molar-refractivity contribution in [1.82, 2.24) is 14.8 Å². The van der Waals surface area contributed by atoms with E-state index in [1.165, 1.54) is 12.8 Å². The van der Waals surface area contributed by atoms with Crippen LogP contribution in [0.1, 0.15) is 30.6 Å². The second-order valence-corrected chi connectivity index (χ2v) is 6.65. The lowest BCUT2D eigenvalue weighted by molar-refractivity contribution is 0.604. The van der Waals surface area contributed by atoms with Crippen molar-refractivity contribution >= 4 is 47.4 Å². The Morgan fingerprint density at radius 3 is 2.76 bits per heavy atom. The number of nitrogens with zero attached hydrogens (tertiary/aromatic N) is 3. The fraction of sp³-hybridized carbons (Fsp3) is 0.429. The lowest BCUT2D eigenvalue weighted by atomic mass is 10.1. The molecule has 0 spiro atoms. The molecule has 0 aliphatic rings. The van der Waals surface area contributed by atoms with E-state index in [9.17, 15) is 0 Å². The third-order valence-corrected chi connectivity index (χ3v) is 4.84. The smallest absolute Gasteiger partial charge is 0.137 e. The molecule has 3 nitrogen and oxygen atoms in total. The third kappa shape index (κ3) is 5.70. The first-order valence-corrected chi connectivity index (χ1v) is 8.40. The fourth-order valence-electron chi connectivity index (χ4n) is 1.87. The van der Waals surface area contributed by atoms with Gasteiger partial charge in [0, 0.05) is 10.0 Å². The van der Waals surface area contributed by atoms with Crippen molar-refractivity contribution in [2.75, 3.05) is 5.75 Å². The Morgan fingerprint density at radius 2 is 2.14 bits per heavy atom. The molecule has 0 saturated carbocycles. The van der Waals surface area contributed by atoms with Gasteiger partial charge in [0.2, 0.25) is 0 Å². The molecule has 2 rings (SSSR count). The number of benzene rings is 1. The Balaban J connectivity index is 0.00000220. The number of hydrogen-bond donors (Lipinski definition) is 0. The van der Waals surface area contributed by atoms with Crippen molar-refractivity contribution in [2.24, 2.45) is 0 Å². The van der Waals surface area contributed by atoms with Crippen LogP contribution >= 0.6 is 47.4 Å². The summed E-state index contributed by atoms with van der Waals surface area (Å²) in [7, 11) is 0. The Hall–Kier alpha value is -0.420. The Kier molecular flexibility index (Phi) is 8.49. The van der Waals surface area contributed by atoms with Gasteiger partial charge in [-0.05, 0) is 29.9 Å². The van der Waals surface area contributed by atoms with Gasteiger partial charge in [-0.1, -0.05) is 42.6 Å². The van der Waals surface area contributed by atoms with Gasteiger partial charge >= 0.3 is 0 Å². The predicted molar refractivity (Wildman–Crippen MR) is 93.8 cm³/mol. The minimum Gasteiger partial charge on any atom is -0.252 e. The highest BCUT2D eigenvalue weighted by molar-refractivity contribution is 7.99. The first kappa shape index (κ1) is 18.6. The lowest BCUT2D eigenvalue weighted by Crippen LogP contribution is -2.08. The molecule has 0 aliphatic carbocycles. The summed E-state index contributed by atoms with van der Waals surface area (Å²) in [5, 5.41) is 5.82. The van der Waals surface area contributed by atoms with E-state index in [0.717, 1.165) is 17.9 Å². The van der Waals surface area contributed by atoms with Crippen LogP contribution in [0.25, 0.3) is 0 Å². The van der Waals surface area contributed by atoms with Crippen molar-refractivity contribution in [1.29, 1.82) is 0 Å². The molecular formula is C14H18Cl3N3S. The maximum Gasteiger partial charge on any atom is 0.137 e. The first-order valence-electron chi connectivity index (χ1n) is 6.59. The van der Waals surface area contributed by atoms with Crippen LogP contribution in [-0.4, -0.2) is 20.5 Å². The zero-order valence-electron chi connectivity index (χ0n) is 11.7. The van der Waals surface area contributed by atoms with Crippen molar-refractivity contribution in [3.63, 3.8) is 0 Å². The number of halogens is 3. The summed E-state index contributed by atoms with van der Waals surface area (Å²) in [6, 6.07) is 5.69. The van der Waals surface area contributed by atoms with Gasteiger partial charge in [0.15, 0.2) is 0 Å². The monoisotopic (exact) mass is 365 g/mol. The quantitative estimate of drug-likeness (QED) is 0.624. The number of aromatic nitrogens is 3. The van der Waals surface area contributed by atoms with Gasteiger partial charge in [0.25, 0.3) is 0 Å². The summed E-state index contributed by atoms with van der Waals surface area (Å²) in [4.78, 5) is 3.99. The molecule has 0 aliphatic heterocycles. The van der Waals surface area contributed by atoms with E-state index in [0.29, 0.717) is 10.0 Å². The fourth-order valence-corrected chi connectivity index (χ4v) is 3.86. The molecule has 0 saturated heterocycles. The van der Waals surface area contributed by atoms with Crippen LogP contribution in [0.15, 0.2) is 30.9 Å². The number of thioether (sulfide) groups is 1. The normalized spacial score (nSPS) is 12.0. The van der Waals surface area contributed by atoms with Crippen LogP contribution in [0.3, 0.4) is 0 Å². The van der Waals surface area contributed by atoms with Crippen LogP contribution in [0.4, 0.5) is 0 Å². The zero-order chi connectivity index (χ0) is 14.4. The first-order chi connectivity index (χ1) is 9.70. The average molecular weight is 367 g/mol. The summed E-state index contributed by atoms with van der Waals surface area (Å²) in [5.74, 6) is 1.11. The number of unbranched alkanes of at least 4 members (excludes halogenated alkanes) is 1. The van der Waals surface area contributed by atoms with Crippen molar-refractivity contribution in [3.8, 4) is 0 Å². The van der Waals surface area contributed by atoms with Gasteiger partial charge in [-0.2, -0.15) is 16.9 Å². The average Bonchev–Trinajstić information content (AvgIpc) is 2.91. The minimum atomic E-state index is 0. The SMILES string of the molecule is CCCCSC(Cn1cncn1)c1ccc(Cl)cc1Cl.Cl. The number of rotatable bonds is 7. The van der Waals surface area contributed by atoms with Gasteiger partial charge in [-0.3, -0.25) is 4.68 Å². The molecule has 1 unspecified atom stereocenters. The lowest BCUT2D eigenvalue weighted by Gasteiger charge is -2.18. The molecule has 116 valence electrons. The molecule has 21 heavy (non-hydrogen) atoms. The molecule has 0 amide bonds. The summed E-state index contributed by atoms with van der Waals surface area (Å²) < 4.78 is 1.84. The predicted octanol–water partition coefficient (Wildman–Crippen LogP) is 5.28. The summed E-state index contributed by atoms with van der Waals surface area (Å²) in [6.07, 6.45) is 5.68. The van der Waals surface area contributed by atoms with E-state index in [2.05, 4.69) is 17.0 Å². The maximum atomic E-state index is 6.33. The summed E-state index contributed by atoms with van der Waals surface area (Å²) in [6.45, 7) is 2.96. The van der Waals surface area contributed by atoms with Crippen LogP contribution < -0.4 is 0 Å². The molecule has 7 heteroatoms. The van der Waals surface area contributed by atoms with Crippen LogP contribution in [0.2, 0.25) is 10.0 Å². The van der Waals surface area contributed by atoms with E-state index < -0.39 is 0 Å². The molecule has 0 bridgehead atoms. The van der Waals surface area contributed by atoms with Crippen molar-refractivity contribution in [2.45, 2.75) is 31.6 Å². The highest BCUT2D eigenvalue weighted by Crippen LogP contribution is 2.36. The molecule has 0 radical (unpaired) electrons. The topological polar surface area (TPSA) is 30.7 Å². The third-order valence-electron chi connectivity index (χ3n) is 2.95. The highest BCUT2D eigenvalue weighted by Gasteiger charge is 2.16. The van der Waals surface area contributed by atoms with E-state index in [4.69, 9.17) is 23.2 Å². The standard InChI is InChI=1S/C14H17Cl2N3S.ClH/c1-2-3-6-20-14(8-19-10-17-9-18-19)12-5-4-11(15)7-13(12)16;/h4-5,7,9-10,14H,2-3,6,8H2,1H3;1H. The Labute approximate surface area is 145 Å². The maximum absolute atomic E-state index is 6.33. The molecule has 0 N–H and O–H groups in total. The molecule has 1 heterocycles. The van der Waals surface area contributed by atoms with Crippen molar-refractivity contribution in [3.05, 3.63) is 46.5 Å². The minimum absolute atomic E-state index is 0. The van der Waals surface area contributed by atoms with Crippen LogP contribution in [0.5, 0.6) is 0 Å². The molecule has 1 aromatic carbocycles. The van der Waals surface area contributed by atoms with Gasteiger partial charge in [-0.15, -0.1) is 12.4 Å². The van der Waals surface area contributed by atoms with Crippen molar-refractivity contribution < 1.29 is 0 Å². The Bertz CT molecular complexity index is 534.